The SMILES string of the molecule is CC(=O)c1cn(CC(=O)N2C[C@H](F)C[C@H]2C(=O)Nc2c(F)cccc2-c2ccccc2Cl)c2ccccc12. The molecular formula is C29H24ClF2N3O3. The van der Waals surface area contributed by atoms with Crippen molar-refractivity contribution < 1.29 is 23.2 Å². The minimum Gasteiger partial charge on any atom is -0.337 e. The van der Waals surface area contributed by atoms with E-state index in [1.54, 1.807) is 65.4 Å². The molecule has 4 aromatic rings. The van der Waals surface area contributed by atoms with Crippen molar-refractivity contribution in [3.63, 3.8) is 0 Å². The molecule has 38 heavy (non-hydrogen) atoms. The Balaban J connectivity index is 1.41. The van der Waals surface area contributed by atoms with Crippen LogP contribution in [0.2, 0.25) is 5.02 Å². The van der Waals surface area contributed by atoms with Crippen LogP contribution in [0, 0.1) is 5.82 Å². The number of alkyl halides is 1. The number of aromatic nitrogens is 1. The number of benzene rings is 3. The average molecular weight is 536 g/mol. The number of ketones is 1. The Morgan fingerprint density at radius 1 is 1.00 bits per heavy atom. The number of nitrogens with one attached hydrogen (secondary N) is 1. The van der Waals surface area contributed by atoms with Crippen molar-refractivity contribution in [2.24, 2.45) is 0 Å². The van der Waals surface area contributed by atoms with Crippen LogP contribution in [0.25, 0.3) is 22.0 Å². The van der Waals surface area contributed by atoms with Crippen molar-refractivity contribution in [1.29, 1.82) is 0 Å². The summed E-state index contributed by atoms with van der Waals surface area (Å²) in [5.74, 6) is -2.01. The summed E-state index contributed by atoms with van der Waals surface area (Å²) in [5, 5.41) is 3.66. The zero-order valence-corrected chi connectivity index (χ0v) is 21.2. The normalized spacial score (nSPS) is 17.1. The molecule has 1 N–H and O–H groups in total. The maximum absolute atomic E-state index is 14.9. The number of nitrogens with zero attached hydrogens (tertiary/aromatic N) is 2. The zero-order valence-electron chi connectivity index (χ0n) is 20.5. The molecule has 2 heterocycles. The van der Waals surface area contributed by atoms with E-state index in [0.29, 0.717) is 32.6 Å². The van der Waals surface area contributed by atoms with Gasteiger partial charge in [-0.2, -0.15) is 0 Å². The van der Waals surface area contributed by atoms with Gasteiger partial charge in [-0.15, -0.1) is 0 Å². The largest absolute Gasteiger partial charge is 0.337 e. The molecule has 2 atom stereocenters. The van der Waals surface area contributed by atoms with Gasteiger partial charge in [-0.1, -0.05) is 60.1 Å². The fourth-order valence-electron chi connectivity index (χ4n) is 4.97. The molecule has 194 valence electrons. The lowest BCUT2D eigenvalue weighted by atomic mass is 10.0. The number of anilines is 1. The molecule has 6 nitrogen and oxygen atoms in total. The maximum atomic E-state index is 14.9. The summed E-state index contributed by atoms with van der Waals surface area (Å²) in [6.07, 6.45) is -0.0240. The molecule has 0 spiro atoms. The minimum absolute atomic E-state index is 0.0946. The molecule has 2 amide bonds. The van der Waals surface area contributed by atoms with Crippen LogP contribution < -0.4 is 5.32 Å². The zero-order chi connectivity index (χ0) is 27.0. The highest BCUT2D eigenvalue weighted by Crippen LogP contribution is 2.35. The molecule has 1 saturated heterocycles. The topological polar surface area (TPSA) is 71.4 Å². The third-order valence-corrected chi connectivity index (χ3v) is 7.10. The van der Waals surface area contributed by atoms with Crippen LogP contribution in [-0.2, 0) is 16.1 Å². The molecule has 0 bridgehead atoms. The number of amides is 2. The summed E-state index contributed by atoms with van der Waals surface area (Å²) in [4.78, 5) is 39.9. The van der Waals surface area contributed by atoms with Crippen molar-refractivity contribution in [3.05, 3.63) is 89.3 Å². The molecule has 1 aliphatic heterocycles. The highest BCUT2D eigenvalue weighted by molar-refractivity contribution is 6.33. The molecule has 0 radical (unpaired) electrons. The molecule has 1 aliphatic rings. The Labute approximate surface area is 222 Å². The van der Waals surface area contributed by atoms with E-state index in [4.69, 9.17) is 11.6 Å². The molecule has 0 aliphatic carbocycles. The number of rotatable bonds is 6. The number of Topliss-reactive ketones (excluding diaryl/α,β-unsaturated/α-hetero) is 1. The fraction of sp³-hybridized carbons (Fsp3) is 0.207. The second-order valence-electron chi connectivity index (χ2n) is 9.27. The van der Waals surface area contributed by atoms with Crippen LogP contribution in [0.15, 0.2) is 72.9 Å². The van der Waals surface area contributed by atoms with Crippen molar-refractivity contribution >= 4 is 45.8 Å². The maximum Gasteiger partial charge on any atom is 0.247 e. The van der Waals surface area contributed by atoms with E-state index in [0.717, 1.165) is 0 Å². The quantitative estimate of drug-likeness (QED) is 0.313. The third kappa shape index (κ3) is 4.79. The Bertz CT molecular complexity index is 1570. The molecule has 9 heteroatoms. The van der Waals surface area contributed by atoms with Crippen molar-refractivity contribution in [2.75, 3.05) is 11.9 Å². The summed E-state index contributed by atoms with van der Waals surface area (Å²) in [5.41, 5.74) is 1.94. The first-order valence-electron chi connectivity index (χ1n) is 12.1. The molecule has 5 rings (SSSR count). The molecule has 1 fully saturated rings. The van der Waals surface area contributed by atoms with E-state index in [-0.39, 0.29) is 31.0 Å². The minimum atomic E-state index is -1.41. The monoisotopic (exact) mass is 535 g/mol. The second-order valence-corrected chi connectivity index (χ2v) is 9.68. The van der Waals surface area contributed by atoms with Crippen LogP contribution in [0.1, 0.15) is 23.7 Å². The molecule has 0 saturated carbocycles. The second kappa shape index (κ2) is 10.4. The van der Waals surface area contributed by atoms with Gasteiger partial charge in [0.2, 0.25) is 11.8 Å². The lowest BCUT2D eigenvalue weighted by Gasteiger charge is -2.24. The predicted octanol–water partition coefficient (Wildman–Crippen LogP) is 5.88. The lowest BCUT2D eigenvalue weighted by molar-refractivity contribution is -0.137. The van der Waals surface area contributed by atoms with Gasteiger partial charge in [0.15, 0.2) is 5.78 Å². The first-order chi connectivity index (χ1) is 18.2. The van der Waals surface area contributed by atoms with Crippen molar-refractivity contribution in [3.8, 4) is 11.1 Å². The van der Waals surface area contributed by atoms with Gasteiger partial charge in [0.25, 0.3) is 0 Å². The highest BCUT2D eigenvalue weighted by atomic mass is 35.5. The Morgan fingerprint density at radius 3 is 2.47 bits per heavy atom. The van der Waals surface area contributed by atoms with Crippen LogP contribution in [0.5, 0.6) is 0 Å². The average Bonchev–Trinajstić information content (AvgIpc) is 3.47. The number of fused-ring (bicyclic) bond motifs is 1. The van der Waals surface area contributed by atoms with Crippen LogP contribution >= 0.6 is 11.6 Å². The van der Waals surface area contributed by atoms with Gasteiger partial charge in [-0.3, -0.25) is 14.4 Å². The standard InChI is InChI=1S/C29H24ClF2N3O3/c1-17(36)22-15-34(25-12-5-3-8-20(22)25)16-27(37)35-14-18(31)13-26(35)29(38)33-28-21(9-6-11-24(28)32)19-7-2-4-10-23(19)30/h2-12,15,18,26H,13-14,16H2,1H3,(H,33,38)/t18-,26+/m1/s1. The Hall–Kier alpha value is -4.04. The summed E-state index contributed by atoms with van der Waals surface area (Å²) in [7, 11) is 0. The summed E-state index contributed by atoms with van der Waals surface area (Å²) >= 11 is 6.31. The number of halogens is 3. The number of carbonyl (C=O) groups excluding carboxylic acids is 3. The summed E-state index contributed by atoms with van der Waals surface area (Å²) < 4.78 is 31.1. The van der Waals surface area contributed by atoms with Crippen LogP contribution in [0.3, 0.4) is 0 Å². The van der Waals surface area contributed by atoms with E-state index in [9.17, 15) is 23.2 Å². The van der Waals surface area contributed by atoms with Gasteiger partial charge >= 0.3 is 0 Å². The van der Waals surface area contributed by atoms with Crippen LogP contribution in [0.4, 0.5) is 14.5 Å². The van der Waals surface area contributed by atoms with Gasteiger partial charge in [0, 0.05) is 45.2 Å². The summed E-state index contributed by atoms with van der Waals surface area (Å²) in [6.45, 7) is 1.00. The first-order valence-corrected chi connectivity index (χ1v) is 12.5. The van der Waals surface area contributed by atoms with E-state index in [1.165, 1.54) is 24.0 Å². The van der Waals surface area contributed by atoms with E-state index >= 15 is 0 Å². The lowest BCUT2D eigenvalue weighted by Crippen LogP contribution is -2.44. The van der Waals surface area contributed by atoms with Gasteiger partial charge in [0.1, 0.15) is 24.6 Å². The molecular weight excluding hydrogens is 512 g/mol. The number of hydrogen-bond acceptors (Lipinski definition) is 3. The van der Waals surface area contributed by atoms with Crippen molar-refractivity contribution in [2.45, 2.75) is 32.1 Å². The van der Waals surface area contributed by atoms with Gasteiger partial charge < -0.3 is 14.8 Å². The predicted molar refractivity (Wildman–Crippen MR) is 142 cm³/mol. The first kappa shape index (κ1) is 25.6. The van der Waals surface area contributed by atoms with Gasteiger partial charge in [0.05, 0.1) is 12.2 Å². The Morgan fingerprint density at radius 2 is 1.71 bits per heavy atom. The third-order valence-electron chi connectivity index (χ3n) is 6.77. The fourth-order valence-corrected chi connectivity index (χ4v) is 5.20. The summed E-state index contributed by atoms with van der Waals surface area (Å²) in [6, 6.07) is 17.2. The van der Waals surface area contributed by atoms with E-state index < -0.39 is 29.8 Å². The smallest absolute Gasteiger partial charge is 0.247 e. The Kier molecular flexibility index (Phi) is 6.99. The van der Waals surface area contributed by atoms with E-state index in [2.05, 4.69) is 5.32 Å². The van der Waals surface area contributed by atoms with Crippen LogP contribution in [-0.4, -0.2) is 45.8 Å². The number of para-hydroxylation sites is 2. The highest BCUT2D eigenvalue weighted by Gasteiger charge is 2.40. The molecule has 0 unspecified atom stereocenters. The van der Waals surface area contributed by atoms with Gasteiger partial charge in [-0.05, 0) is 25.1 Å². The number of carbonyl (C=O) groups is 3. The van der Waals surface area contributed by atoms with Gasteiger partial charge in [-0.25, -0.2) is 8.78 Å². The number of hydrogen-bond donors (Lipinski definition) is 1. The molecule has 3 aromatic carbocycles. The molecule has 1 aromatic heterocycles. The van der Waals surface area contributed by atoms with Crippen molar-refractivity contribution in [1.82, 2.24) is 9.47 Å². The number of likely N-dealkylation sites (tertiary alicyclic amines) is 1. The van der Waals surface area contributed by atoms with E-state index in [1.807, 2.05) is 0 Å².